The van der Waals surface area contributed by atoms with E-state index in [4.69, 9.17) is 0 Å². The van der Waals surface area contributed by atoms with Crippen molar-refractivity contribution < 1.29 is 4.79 Å². The van der Waals surface area contributed by atoms with Gasteiger partial charge in [-0.3, -0.25) is 10.1 Å². The van der Waals surface area contributed by atoms with E-state index in [2.05, 4.69) is 15.6 Å². The maximum Gasteiger partial charge on any atom is 0.274 e. The molecule has 0 unspecified atom stereocenters. The van der Waals surface area contributed by atoms with Crippen LogP contribution in [0.1, 0.15) is 39.8 Å². The van der Waals surface area contributed by atoms with Gasteiger partial charge in [-0.05, 0) is 50.9 Å². The maximum atomic E-state index is 12.3. The number of piperidine rings is 1. The summed E-state index contributed by atoms with van der Waals surface area (Å²) < 4.78 is 1.89. The van der Waals surface area contributed by atoms with E-state index in [1.807, 2.05) is 36.9 Å². The van der Waals surface area contributed by atoms with Crippen LogP contribution in [0.5, 0.6) is 0 Å². The van der Waals surface area contributed by atoms with Gasteiger partial charge in [-0.2, -0.15) is 0 Å². The fourth-order valence-corrected chi connectivity index (χ4v) is 3.62. The van der Waals surface area contributed by atoms with Crippen molar-refractivity contribution in [2.75, 3.05) is 18.4 Å². The summed E-state index contributed by atoms with van der Waals surface area (Å²) in [5, 5.41) is 6.96. The fourth-order valence-electron chi connectivity index (χ4n) is 2.64. The summed E-state index contributed by atoms with van der Waals surface area (Å²) in [5.41, 5.74) is 1.72. The highest BCUT2D eigenvalue weighted by atomic mass is 32.1. The van der Waals surface area contributed by atoms with Crippen molar-refractivity contribution in [2.24, 2.45) is 7.05 Å². The van der Waals surface area contributed by atoms with E-state index in [-0.39, 0.29) is 5.91 Å². The number of anilines is 1. The summed E-state index contributed by atoms with van der Waals surface area (Å²) >= 11 is 1.59. The lowest BCUT2D eigenvalue weighted by molar-refractivity contribution is 0.101. The summed E-state index contributed by atoms with van der Waals surface area (Å²) in [4.78, 5) is 17.9. The van der Waals surface area contributed by atoms with Crippen LogP contribution in [0.25, 0.3) is 0 Å². The van der Waals surface area contributed by atoms with E-state index >= 15 is 0 Å². The fraction of sp³-hybridized carbons (Fsp3) is 0.467. The Morgan fingerprint density at radius 2 is 2.19 bits per heavy atom. The van der Waals surface area contributed by atoms with E-state index in [1.165, 1.54) is 4.88 Å². The Labute approximate surface area is 128 Å². The molecule has 1 amide bonds. The molecule has 3 heterocycles. The summed E-state index contributed by atoms with van der Waals surface area (Å²) in [6.45, 7) is 4.11. The molecule has 3 rings (SSSR count). The molecule has 0 aliphatic carbocycles. The lowest BCUT2D eigenvalue weighted by Gasteiger charge is -2.20. The van der Waals surface area contributed by atoms with Crippen LogP contribution in [0.3, 0.4) is 0 Å². The number of nitrogens with one attached hydrogen (secondary N) is 2. The number of aromatic nitrogens is 2. The van der Waals surface area contributed by atoms with Crippen molar-refractivity contribution in [1.29, 1.82) is 0 Å². The van der Waals surface area contributed by atoms with Crippen LogP contribution in [0.4, 0.5) is 5.13 Å². The molecule has 112 valence electrons. The molecule has 0 radical (unpaired) electrons. The Kier molecular flexibility index (Phi) is 4.07. The van der Waals surface area contributed by atoms with Crippen molar-refractivity contribution >= 4 is 22.4 Å². The van der Waals surface area contributed by atoms with Gasteiger partial charge in [0.05, 0.1) is 0 Å². The Balaban J connectivity index is 1.69. The van der Waals surface area contributed by atoms with Crippen LogP contribution in [-0.2, 0) is 7.05 Å². The van der Waals surface area contributed by atoms with Gasteiger partial charge in [-0.15, -0.1) is 11.3 Å². The van der Waals surface area contributed by atoms with Gasteiger partial charge in [0.15, 0.2) is 5.13 Å². The normalized spacial score (nSPS) is 16.1. The first kappa shape index (κ1) is 14.3. The third kappa shape index (κ3) is 3.01. The van der Waals surface area contributed by atoms with Gasteiger partial charge >= 0.3 is 0 Å². The van der Waals surface area contributed by atoms with Crippen molar-refractivity contribution in [2.45, 2.75) is 25.7 Å². The van der Waals surface area contributed by atoms with E-state index in [0.29, 0.717) is 16.7 Å². The number of hydrogen-bond donors (Lipinski definition) is 2. The SMILES string of the molecule is Cc1ccc(C(=O)Nc2ncc(C3CCNCC3)s2)n1C. The van der Waals surface area contributed by atoms with E-state index in [9.17, 15) is 4.79 Å². The van der Waals surface area contributed by atoms with Crippen molar-refractivity contribution in [3.8, 4) is 0 Å². The van der Waals surface area contributed by atoms with Gasteiger partial charge < -0.3 is 9.88 Å². The largest absolute Gasteiger partial charge is 0.344 e. The second-order valence-corrected chi connectivity index (χ2v) is 6.53. The Morgan fingerprint density at radius 1 is 1.43 bits per heavy atom. The monoisotopic (exact) mass is 304 g/mol. The minimum atomic E-state index is -0.100. The van der Waals surface area contributed by atoms with Crippen molar-refractivity contribution in [3.05, 3.63) is 34.6 Å². The Bertz CT molecular complexity index is 640. The smallest absolute Gasteiger partial charge is 0.274 e. The molecule has 2 N–H and O–H groups in total. The van der Waals surface area contributed by atoms with Gasteiger partial charge in [0.1, 0.15) is 5.69 Å². The molecule has 0 saturated carbocycles. The van der Waals surface area contributed by atoms with E-state index in [0.717, 1.165) is 31.6 Å². The van der Waals surface area contributed by atoms with Crippen molar-refractivity contribution in [1.82, 2.24) is 14.9 Å². The maximum absolute atomic E-state index is 12.3. The molecule has 1 aliphatic rings. The highest BCUT2D eigenvalue weighted by molar-refractivity contribution is 7.15. The first-order valence-electron chi connectivity index (χ1n) is 7.25. The average Bonchev–Trinajstić information content (AvgIpc) is 3.08. The summed E-state index contributed by atoms with van der Waals surface area (Å²) in [5.74, 6) is 0.475. The minimum Gasteiger partial charge on any atom is -0.344 e. The van der Waals surface area contributed by atoms with Gasteiger partial charge in [0.25, 0.3) is 5.91 Å². The van der Waals surface area contributed by atoms with Crippen LogP contribution >= 0.6 is 11.3 Å². The molecule has 1 fully saturated rings. The average molecular weight is 304 g/mol. The van der Waals surface area contributed by atoms with E-state index < -0.39 is 0 Å². The predicted molar refractivity (Wildman–Crippen MR) is 85.1 cm³/mol. The zero-order chi connectivity index (χ0) is 14.8. The standard InChI is InChI=1S/C15H20N4OS/c1-10-3-4-12(19(10)2)14(20)18-15-17-9-13(21-15)11-5-7-16-8-6-11/h3-4,9,11,16H,5-8H2,1-2H3,(H,17,18,20). The van der Waals surface area contributed by atoms with E-state index in [1.54, 1.807) is 11.3 Å². The van der Waals surface area contributed by atoms with Gasteiger partial charge in [-0.1, -0.05) is 0 Å². The molecule has 1 saturated heterocycles. The molecular weight excluding hydrogens is 284 g/mol. The number of hydrogen-bond acceptors (Lipinski definition) is 4. The number of rotatable bonds is 3. The quantitative estimate of drug-likeness (QED) is 0.916. The third-order valence-electron chi connectivity index (χ3n) is 4.09. The number of carbonyl (C=O) groups excluding carboxylic acids is 1. The zero-order valence-corrected chi connectivity index (χ0v) is 13.2. The first-order chi connectivity index (χ1) is 10.1. The van der Waals surface area contributed by atoms with Gasteiger partial charge in [0.2, 0.25) is 0 Å². The molecule has 0 atom stereocenters. The van der Waals surface area contributed by atoms with Gasteiger partial charge in [-0.25, -0.2) is 4.98 Å². The van der Waals surface area contributed by atoms with Crippen LogP contribution in [0.15, 0.2) is 18.3 Å². The predicted octanol–water partition coefficient (Wildman–Crippen LogP) is 2.51. The molecule has 0 spiro atoms. The topological polar surface area (TPSA) is 59.0 Å². The Morgan fingerprint density at radius 3 is 2.86 bits per heavy atom. The number of amides is 1. The molecule has 5 nitrogen and oxygen atoms in total. The highest BCUT2D eigenvalue weighted by Gasteiger charge is 2.19. The van der Waals surface area contributed by atoms with Gasteiger partial charge in [0, 0.05) is 23.8 Å². The van der Waals surface area contributed by atoms with Crippen LogP contribution in [-0.4, -0.2) is 28.5 Å². The molecule has 6 heteroatoms. The van der Waals surface area contributed by atoms with Crippen LogP contribution < -0.4 is 10.6 Å². The third-order valence-corrected chi connectivity index (χ3v) is 5.17. The number of nitrogens with zero attached hydrogens (tertiary/aromatic N) is 2. The highest BCUT2D eigenvalue weighted by Crippen LogP contribution is 2.31. The molecule has 2 aromatic heterocycles. The number of thiazole rings is 1. The molecular formula is C15H20N4OS. The summed E-state index contributed by atoms with van der Waals surface area (Å²) in [7, 11) is 1.90. The lowest BCUT2D eigenvalue weighted by atomic mass is 9.97. The Hall–Kier alpha value is -1.66. The lowest BCUT2D eigenvalue weighted by Crippen LogP contribution is -2.26. The second kappa shape index (κ2) is 5.99. The molecule has 21 heavy (non-hydrogen) atoms. The van der Waals surface area contributed by atoms with Crippen LogP contribution in [0.2, 0.25) is 0 Å². The zero-order valence-electron chi connectivity index (χ0n) is 12.3. The first-order valence-corrected chi connectivity index (χ1v) is 8.07. The number of aryl methyl sites for hydroxylation is 1. The summed E-state index contributed by atoms with van der Waals surface area (Å²) in [6.07, 6.45) is 4.20. The minimum absolute atomic E-state index is 0.100. The molecule has 0 bridgehead atoms. The molecule has 2 aromatic rings. The summed E-state index contributed by atoms with van der Waals surface area (Å²) in [6, 6.07) is 3.78. The second-order valence-electron chi connectivity index (χ2n) is 5.47. The van der Waals surface area contributed by atoms with Crippen LogP contribution in [0, 0.1) is 6.92 Å². The molecule has 1 aliphatic heterocycles. The molecule has 0 aromatic carbocycles. The number of carbonyl (C=O) groups is 1. The van der Waals surface area contributed by atoms with Crippen molar-refractivity contribution in [3.63, 3.8) is 0 Å².